The van der Waals surface area contributed by atoms with E-state index in [4.69, 9.17) is 0 Å². The normalized spacial score (nSPS) is 13.4. The van der Waals surface area contributed by atoms with Crippen LogP contribution in [-0.2, 0) is 6.42 Å². The molecule has 0 saturated heterocycles. The van der Waals surface area contributed by atoms with Crippen molar-refractivity contribution in [1.29, 1.82) is 0 Å². The van der Waals surface area contributed by atoms with Crippen molar-refractivity contribution < 1.29 is 5.11 Å². The maximum absolute atomic E-state index is 9.80. The highest BCUT2D eigenvalue weighted by molar-refractivity contribution is 9.11. The van der Waals surface area contributed by atoms with Gasteiger partial charge in [-0.25, -0.2) is 0 Å². The van der Waals surface area contributed by atoms with Crippen LogP contribution in [0.1, 0.15) is 18.7 Å². The van der Waals surface area contributed by atoms with Crippen LogP contribution in [0.25, 0.3) is 0 Å². The van der Waals surface area contributed by atoms with Gasteiger partial charge in [-0.05, 0) is 39.7 Å². The van der Waals surface area contributed by atoms with Crippen molar-refractivity contribution in [2.75, 3.05) is 11.5 Å². The summed E-state index contributed by atoms with van der Waals surface area (Å²) in [6.07, 6.45) is 0.570. The molecule has 0 aliphatic carbocycles. The Morgan fingerprint density at radius 2 is 2.13 bits per heavy atom. The summed E-state index contributed by atoms with van der Waals surface area (Å²) in [7, 11) is 0. The number of hydrogen-bond donors (Lipinski definition) is 1. The van der Waals surface area contributed by atoms with E-state index in [-0.39, 0.29) is 6.10 Å². The number of halogens is 1. The van der Waals surface area contributed by atoms with E-state index in [0.29, 0.717) is 5.92 Å². The zero-order chi connectivity index (χ0) is 11.3. The number of thiophene rings is 1. The van der Waals surface area contributed by atoms with Gasteiger partial charge < -0.3 is 5.11 Å². The van der Waals surface area contributed by atoms with Gasteiger partial charge in [-0.2, -0.15) is 11.8 Å². The van der Waals surface area contributed by atoms with E-state index in [0.717, 1.165) is 21.7 Å². The molecular weight excluding hydrogens is 292 g/mol. The highest BCUT2D eigenvalue weighted by Gasteiger charge is 2.08. The number of hydrogen-bond acceptors (Lipinski definition) is 3. The molecule has 1 unspecified atom stereocenters. The van der Waals surface area contributed by atoms with Crippen LogP contribution < -0.4 is 0 Å². The Kier molecular flexibility index (Phi) is 6.27. The van der Waals surface area contributed by atoms with Gasteiger partial charge >= 0.3 is 0 Å². The maximum Gasteiger partial charge on any atom is 0.0701 e. The molecule has 1 aromatic heterocycles. The van der Waals surface area contributed by atoms with Crippen LogP contribution in [0.3, 0.4) is 0 Å². The van der Waals surface area contributed by atoms with E-state index >= 15 is 0 Å². The van der Waals surface area contributed by atoms with Gasteiger partial charge in [-0.1, -0.05) is 13.8 Å². The Bertz CT molecular complexity index is 286. The minimum atomic E-state index is -0.209. The summed E-state index contributed by atoms with van der Waals surface area (Å²) in [5, 5.41) is 9.80. The van der Waals surface area contributed by atoms with Gasteiger partial charge in [-0.3, -0.25) is 0 Å². The molecule has 0 amide bonds. The lowest BCUT2D eigenvalue weighted by Gasteiger charge is -2.10. The zero-order valence-corrected chi connectivity index (χ0v) is 12.3. The number of thioether (sulfide) groups is 1. The van der Waals surface area contributed by atoms with E-state index in [1.165, 1.54) is 4.88 Å². The summed E-state index contributed by atoms with van der Waals surface area (Å²) in [5.41, 5.74) is 0. The van der Waals surface area contributed by atoms with Crippen molar-refractivity contribution >= 4 is 39.0 Å². The van der Waals surface area contributed by atoms with E-state index in [1.54, 1.807) is 11.3 Å². The van der Waals surface area contributed by atoms with Gasteiger partial charge in [0.05, 0.1) is 9.89 Å². The molecule has 0 spiro atoms. The Morgan fingerprint density at radius 1 is 1.40 bits per heavy atom. The fraction of sp³-hybridized carbons (Fsp3) is 0.636. The third-order valence-corrected chi connectivity index (χ3v) is 5.00. The average Bonchev–Trinajstić information content (AvgIpc) is 2.50. The molecule has 1 N–H and O–H groups in total. The van der Waals surface area contributed by atoms with Crippen molar-refractivity contribution in [2.24, 2.45) is 5.92 Å². The third kappa shape index (κ3) is 5.95. The van der Waals surface area contributed by atoms with Crippen LogP contribution in [0.15, 0.2) is 15.9 Å². The predicted octanol–water partition coefficient (Wildman–Crippen LogP) is 3.80. The molecule has 1 nitrogen and oxygen atoms in total. The number of aliphatic hydroxyl groups excluding tert-OH is 1. The predicted molar refractivity (Wildman–Crippen MR) is 73.9 cm³/mol. The highest BCUT2D eigenvalue weighted by atomic mass is 79.9. The first kappa shape index (κ1) is 13.6. The summed E-state index contributed by atoms with van der Waals surface area (Å²) in [6.45, 7) is 4.41. The fourth-order valence-corrected chi connectivity index (χ4v) is 3.74. The monoisotopic (exact) mass is 308 g/mol. The van der Waals surface area contributed by atoms with Crippen LogP contribution in [0.5, 0.6) is 0 Å². The molecule has 0 aromatic carbocycles. The van der Waals surface area contributed by atoms with E-state index in [2.05, 4.69) is 35.8 Å². The van der Waals surface area contributed by atoms with Crippen LogP contribution in [0, 0.1) is 5.92 Å². The molecule has 15 heavy (non-hydrogen) atoms. The van der Waals surface area contributed by atoms with Crippen molar-refractivity contribution in [1.82, 2.24) is 0 Å². The third-order valence-electron chi connectivity index (χ3n) is 1.83. The Hall–Kier alpha value is 0.490. The average molecular weight is 309 g/mol. The number of rotatable bonds is 6. The molecule has 4 heteroatoms. The lowest BCUT2D eigenvalue weighted by molar-refractivity contribution is 0.201. The van der Waals surface area contributed by atoms with E-state index in [1.807, 2.05) is 17.8 Å². The lowest BCUT2D eigenvalue weighted by atomic mass is 10.2. The molecule has 0 fully saturated rings. The molecular formula is C11H17BrOS2. The first-order chi connectivity index (χ1) is 7.08. The number of aliphatic hydroxyl groups is 1. The van der Waals surface area contributed by atoms with Gasteiger partial charge in [0.15, 0.2) is 0 Å². The molecule has 1 atom stereocenters. The fourth-order valence-electron chi connectivity index (χ4n) is 1.19. The quantitative estimate of drug-likeness (QED) is 0.862. The van der Waals surface area contributed by atoms with Crippen LogP contribution in [0.2, 0.25) is 0 Å². The van der Waals surface area contributed by atoms with Gasteiger partial charge in [0.2, 0.25) is 0 Å². The highest BCUT2D eigenvalue weighted by Crippen LogP contribution is 2.23. The lowest BCUT2D eigenvalue weighted by Crippen LogP contribution is -2.13. The summed E-state index contributed by atoms with van der Waals surface area (Å²) >= 11 is 6.97. The molecule has 1 rings (SSSR count). The summed E-state index contributed by atoms with van der Waals surface area (Å²) in [4.78, 5) is 1.25. The van der Waals surface area contributed by atoms with Crippen LogP contribution >= 0.6 is 39.0 Å². The Morgan fingerprint density at radius 3 is 2.67 bits per heavy atom. The Labute approximate surface area is 108 Å². The first-order valence-corrected chi connectivity index (χ1v) is 7.84. The Balaban J connectivity index is 2.21. The van der Waals surface area contributed by atoms with E-state index in [9.17, 15) is 5.11 Å². The van der Waals surface area contributed by atoms with Crippen molar-refractivity contribution in [3.05, 3.63) is 20.8 Å². The molecule has 0 aliphatic rings. The summed E-state index contributed by atoms with van der Waals surface area (Å²) in [5.74, 6) is 2.68. The molecule has 1 heterocycles. The second-order valence-corrected chi connectivity index (χ2v) is 7.62. The van der Waals surface area contributed by atoms with Gasteiger partial charge in [0.1, 0.15) is 0 Å². The zero-order valence-electron chi connectivity index (χ0n) is 9.07. The second-order valence-electron chi connectivity index (χ2n) is 4.00. The molecule has 86 valence electrons. The molecule has 0 bridgehead atoms. The summed E-state index contributed by atoms with van der Waals surface area (Å²) in [6, 6.07) is 4.11. The molecule has 0 radical (unpaired) electrons. The smallest absolute Gasteiger partial charge is 0.0701 e. The SMILES string of the molecule is CC(C)CSCC(O)Cc1ccc(Br)s1. The molecule has 0 saturated carbocycles. The molecule has 1 aromatic rings. The summed E-state index contributed by atoms with van der Waals surface area (Å²) < 4.78 is 1.14. The maximum atomic E-state index is 9.80. The van der Waals surface area contributed by atoms with Gasteiger partial charge in [-0.15, -0.1) is 11.3 Å². The van der Waals surface area contributed by atoms with Crippen molar-refractivity contribution in [3.63, 3.8) is 0 Å². The molecule has 0 aliphatic heterocycles. The standard InChI is InChI=1S/C11H17BrOS2/c1-8(2)6-14-7-9(13)5-10-3-4-11(12)15-10/h3-4,8-9,13H,5-7H2,1-2H3. The minimum absolute atomic E-state index is 0.209. The largest absolute Gasteiger partial charge is 0.392 e. The second kappa shape index (κ2) is 6.94. The first-order valence-electron chi connectivity index (χ1n) is 5.08. The van der Waals surface area contributed by atoms with Crippen LogP contribution in [0.4, 0.5) is 0 Å². The topological polar surface area (TPSA) is 20.2 Å². The van der Waals surface area contributed by atoms with Crippen molar-refractivity contribution in [2.45, 2.75) is 26.4 Å². The van der Waals surface area contributed by atoms with E-state index < -0.39 is 0 Å². The van der Waals surface area contributed by atoms with Crippen LogP contribution in [-0.4, -0.2) is 22.7 Å². The van der Waals surface area contributed by atoms with Crippen molar-refractivity contribution in [3.8, 4) is 0 Å². The van der Waals surface area contributed by atoms with Gasteiger partial charge in [0.25, 0.3) is 0 Å². The van der Waals surface area contributed by atoms with Gasteiger partial charge in [0, 0.05) is 17.1 Å². The minimum Gasteiger partial charge on any atom is -0.392 e.